The maximum Gasteiger partial charge on any atom is 0.354 e. The smallest absolute Gasteiger partial charge is 0.354 e. The molecule has 0 saturated carbocycles. The minimum absolute atomic E-state index is 0.00753. The van der Waals surface area contributed by atoms with Gasteiger partial charge in [-0.25, -0.2) is 4.79 Å². The van der Waals surface area contributed by atoms with Crippen LogP contribution < -0.4 is 0 Å². The fourth-order valence-electron chi connectivity index (χ4n) is 3.23. The molecule has 1 rings (SSSR count). The van der Waals surface area contributed by atoms with E-state index >= 15 is 0 Å². The molecule has 0 N–H and O–H groups in total. The van der Waals surface area contributed by atoms with E-state index < -0.39 is 5.97 Å². The van der Waals surface area contributed by atoms with Crippen molar-refractivity contribution < 1.29 is 23.9 Å². The van der Waals surface area contributed by atoms with Crippen LogP contribution in [0.15, 0.2) is 0 Å². The Morgan fingerprint density at radius 1 is 1.12 bits per heavy atom. The molecule has 1 aromatic heterocycles. The molecule has 146 valence electrons. The molecule has 0 aromatic carbocycles. The molecule has 0 aliphatic rings. The molecule has 0 bridgehead atoms. The van der Waals surface area contributed by atoms with Gasteiger partial charge in [-0.2, -0.15) is 0 Å². The number of ketones is 1. The molecule has 1 heterocycles. The number of hydrogen-bond acceptors (Lipinski definition) is 5. The molecule has 0 aliphatic heterocycles. The third kappa shape index (κ3) is 4.72. The minimum Gasteiger partial charge on any atom is -0.464 e. The van der Waals surface area contributed by atoms with Gasteiger partial charge in [0.25, 0.3) is 0 Å². The first-order valence-corrected chi connectivity index (χ1v) is 8.91. The van der Waals surface area contributed by atoms with E-state index in [1.54, 1.807) is 30.4 Å². The van der Waals surface area contributed by atoms with Crippen LogP contribution in [0.4, 0.5) is 0 Å². The number of rotatable bonds is 10. The number of carbonyl (C=O) groups is 3. The van der Waals surface area contributed by atoms with Crippen molar-refractivity contribution in [2.45, 2.75) is 47.1 Å². The normalized spacial score (nSPS) is 10.7. The van der Waals surface area contributed by atoms with Crippen molar-refractivity contribution >= 4 is 17.7 Å². The first-order valence-electron chi connectivity index (χ1n) is 8.91. The van der Waals surface area contributed by atoms with Crippen LogP contribution in [0.25, 0.3) is 0 Å². The number of amides is 1. The highest BCUT2D eigenvalue weighted by atomic mass is 16.5. The zero-order chi connectivity index (χ0) is 19.9. The highest BCUT2D eigenvalue weighted by molar-refractivity contribution is 6.04. The van der Waals surface area contributed by atoms with E-state index in [9.17, 15) is 14.4 Å². The molecule has 0 atom stereocenters. The highest BCUT2D eigenvalue weighted by Gasteiger charge is 2.27. The summed E-state index contributed by atoms with van der Waals surface area (Å²) in [7, 11) is 2.93. The van der Waals surface area contributed by atoms with Gasteiger partial charge in [0.2, 0.25) is 5.91 Å². The Kier molecular flexibility index (Phi) is 8.51. The lowest BCUT2D eigenvalue weighted by atomic mass is 10.0. The van der Waals surface area contributed by atoms with Crippen LogP contribution in [0.2, 0.25) is 0 Å². The number of aromatic nitrogens is 1. The summed E-state index contributed by atoms with van der Waals surface area (Å²) in [6, 6.07) is 0. The Morgan fingerprint density at radius 3 is 2.27 bits per heavy atom. The molecule has 0 aliphatic carbocycles. The van der Waals surface area contributed by atoms with E-state index in [2.05, 4.69) is 0 Å². The Labute approximate surface area is 155 Å². The van der Waals surface area contributed by atoms with Crippen LogP contribution in [0.1, 0.15) is 58.8 Å². The summed E-state index contributed by atoms with van der Waals surface area (Å²) in [4.78, 5) is 38.8. The lowest BCUT2D eigenvalue weighted by molar-refractivity contribution is -0.130. The minimum atomic E-state index is -0.465. The Balaban J connectivity index is 3.16. The lowest BCUT2D eigenvalue weighted by Crippen LogP contribution is -2.36. The van der Waals surface area contributed by atoms with Crippen molar-refractivity contribution in [1.82, 2.24) is 9.47 Å². The van der Waals surface area contributed by atoms with Gasteiger partial charge in [0.1, 0.15) is 5.69 Å². The van der Waals surface area contributed by atoms with Crippen LogP contribution in [-0.2, 0) is 20.8 Å². The average Bonchev–Trinajstić information content (AvgIpc) is 2.89. The molecule has 1 amide bonds. The van der Waals surface area contributed by atoms with Gasteiger partial charge in [-0.15, -0.1) is 0 Å². The number of methoxy groups -OCH3 is 2. The molecular formula is C19H30N2O5. The second-order valence-electron chi connectivity index (χ2n) is 6.11. The van der Waals surface area contributed by atoms with Crippen molar-refractivity contribution in [2.24, 2.45) is 0 Å². The van der Waals surface area contributed by atoms with Gasteiger partial charge in [-0.3, -0.25) is 9.59 Å². The van der Waals surface area contributed by atoms with Crippen molar-refractivity contribution in [3.63, 3.8) is 0 Å². The zero-order valence-electron chi connectivity index (χ0n) is 16.7. The fourth-order valence-corrected chi connectivity index (χ4v) is 3.23. The second kappa shape index (κ2) is 10.1. The van der Waals surface area contributed by atoms with E-state index in [-0.39, 0.29) is 18.2 Å². The number of nitrogens with zero attached hydrogens (tertiary/aromatic N) is 2. The molecule has 26 heavy (non-hydrogen) atoms. The zero-order valence-corrected chi connectivity index (χ0v) is 16.7. The van der Waals surface area contributed by atoms with Crippen LogP contribution in [-0.4, -0.2) is 61.0 Å². The standard InChI is InChI=1S/C19H30N2O5/c1-7-16(23)20(10-9-11-25-5)12-15(22)17-13(3)18(19(24)26-6)21(8-2)14(17)4/h7-12H2,1-6H3. The molecule has 0 unspecified atom stereocenters. The maximum atomic E-state index is 13.0. The van der Waals surface area contributed by atoms with E-state index in [0.717, 1.165) is 5.69 Å². The molecule has 1 aromatic rings. The number of Topliss-reactive ketones (excluding diaryl/α,β-unsaturated/α-hetero) is 1. The molecule has 0 spiro atoms. The van der Waals surface area contributed by atoms with Gasteiger partial charge < -0.3 is 18.9 Å². The third-order valence-electron chi connectivity index (χ3n) is 4.51. The Hall–Kier alpha value is -2.15. The fraction of sp³-hybridized carbons (Fsp3) is 0.632. The van der Waals surface area contributed by atoms with E-state index in [4.69, 9.17) is 9.47 Å². The quantitative estimate of drug-likeness (QED) is 0.361. The first-order chi connectivity index (χ1) is 12.3. The highest BCUT2D eigenvalue weighted by Crippen LogP contribution is 2.24. The van der Waals surface area contributed by atoms with Crippen molar-refractivity contribution in [3.8, 4) is 0 Å². The van der Waals surface area contributed by atoms with E-state index in [0.29, 0.717) is 49.4 Å². The topological polar surface area (TPSA) is 77.8 Å². The van der Waals surface area contributed by atoms with Crippen LogP contribution >= 0.6 is 0 Å². The van der Waals surface area contributed by atoms with Gasteiger partial charge in [0.05, 0.1) is 13.7 Å². The third-order valence-corrected chi connectivity index (χ3v) is 4.51. The summed E-state index contributed by atoms with van der Waals surface area (Å²) in [5.41, 5.74) is 2.20. The summed E-state index contributed by atoms with van der Waals surface area (Å²) < 4.78 is 11.7. The maximum absolute atomic E-state index is 13.0. The second-order valence-corrected chi connectivity index (χ2v) is 6.11. The average molecular weight is 366 g/mol. The van der Waals surface area contributed by atoms with Crippen molar-refractivity contribution in [2.75, 3.05) is 33.9 Å². The van der Waals surface area contributed by atoms with Crippen molar-refractivity contribution in [3.05, 3.63) is 22.5 Å². The number of esters is 1. The monoisotopic (exact) mass is 366 g/mol. The number of hydrogen-bond donors (Lipinski definition) is 0. The first kappa shape index (κ1) is 21.9. The SMILES string of the molecule is CCC(=O)N(CCCOC)CC(=O)c1c(C)c(C(=O)OC)n(CC)c1C. The van der Waals surface area contributed by atoms with Gasteiger partial charge >= 0.3 is 5.97 Å². The van der Waals surface area contributed by atoms with Crippen molar-refractivity contribution in [1.29, 1.82) is 0 Å². The largest absolute Gasteiger partial charge is 0.464 e. The summed E-state index contributed by atoms with van der Waals surface area (Å²) in [5.74, 6) is -0.711. The number of ether oxygens (including phenoxy) is 2. The van der Waals surface area contributed by atoms with Crippen LogP contribution in [0, 0.1) is 13.8 Å². The van der Waals surface area contributed by atoms with E-state index in [1.807, 2.05) is 13.8 Å². The Morgan fingerprint density at radius 2 is 1.77 bits per heavy atom. The van der Waals surface area contributed by atoms with Gasteiger partial charge in [-0.05, 0) is 32.8 Å². The summed E-state index contributed by atoms with van der Waals surface area (Å²) in [6.45, 7) is 8.77. The summed E-state index contributed by atoms with van der Waals surface area (Å²) in [6.07, 6.45) is 0.998. The summed E-state index contributed by atoms with van der Waals surface area (Å²) >= 11 is 0. The molecular weight excluding hydrogens is 336 g/mol. The van der Waals surface area contributed by atoms with Gasteiger partial charge in [0.15, 0.2) is 5.78 Å². The molecule has 7 heteroatoms. The van der Waals surface area contributed by atoms with Gasteiger partial charge in [-0.1, -0.05) is 6.92 Å². The molecule has 0 radical (unpaired) electrons. The summed E-state index contributed by atoms with van der Waals surface area (Å²) in [5, 5.41) is 0. The van der Waals surface area contributed by atoms with Gasteiger partial charge in [0, 0.05) is 44.5 Å². The van der Waals surface area contributed by atoms with Crippen LogP contribution in [0.5, 0.6) is 0 Å². The number of carbonyl (C=O) groups excluding carboxylic acids is 3. The predicted molar refractivity (Wildman–Crippen MR) is 98.6 cm³/mol. The Bertz CT molecular complexity index is 663. The van der Waals surface area contributed by atoms with E-state index in [1.165, 1.54) is 7.11 Å². The van der Waals surface area contributed by atoms with Crippen LogP contribution in [0.3, 0.4) is 0 Å². The molecule has 0 fully saturated rings. The predicted octanol–water partition coefficient (Wildman–Crippen LogP) is 2.37. The lowest BCUT2D eigenvalue weighted by Gasteiger charge is -2.21. The molecule has 7 nitrogen and oxygen atoms in total. The molecule has 0 saturated heterocycles.